The van der Waals surface area contributed by atoms with E-state index in [0.29, 0.717) is 30.0 Å². The van der Waals surface area contributed by atoms with Gasteiger partial charge in [-0.05, 0) is 12.1 Å². The molecule has 0 amide bonds. The molecular weight excluding hydrogens is 221 g/mol. The van der Waals surface area contributed by atoms with Gasteiger partial charge in [0.2, 0.25) is 0 Å². The molecule has 0 radical (unpaired) electrons. The number of aromatic nitrogens is 1. The van der Waals surface area contributed by atoms with E-state index in [4.69, 9.17) is 15.7 Å². The average Bonchev–Trinajstić information content (AvgIpc) is 2.67. The summed E-state index contributed by atoms with van der Waals surface area (Å²) in [5.74, 6) is 0.0301. The van der Waals surface area contributed by atoms with Crippen molar-refractivity contribution in [3.8, 4) is 11.8 Å². The van der Waals surface area contributed by atoms with Crippen LogP contribution in [0.25, 0.3) is 10.9 Å². The summed E-state index contributed by atoms with van der Waals surface area (Å²) in [6.45, 7) is 0.857. The SMILES string of the molecule is COc1cc(F)cc2c1cc(C#N)n2CCN. The molecule has 88 valence electrons. The molecule has 0 aliphatic carbocycles. The van der Waals surface area contributed by atoms with Crippen LogP contribution in [0.1, 0.15) is 5.69 Å². The lowest BCUT2D eigenvalue weighted by molar-refractivity contribution is 0.416. The number of methoxy groups -OCH3 is 1. The first-order valence-corrected chi connectivity index (χ1v) is 5.18. The number of halogens is 1. The second kappa shape index (κ2) is 4.44. The number of rotatable bonds is 3. The molecule has 0 bridgehead atoms. The molecular formula is C12H12FN3O. The third-order valence-corrected chi connectivity index (χ3v) is 2.63. The average molecular weight is 233 g/mol. The van der Waals surface area contributed by atoms with Crippen molar-refractivity contribution in [3.05, 3.63) is 29.7 Å². The monoisotopic (exact) mass is 233 g/mol. The van der Waals surface area contributed by atoms with Gasteiger partial charge in [0.1, 0.15) is 23.3 Å². The highest BCUT2D eigenvalue weighted by atomic mass is 19.1. The van der Waals surface area contributed by atoms with Crippen LogP contribution in [0.5, 0.6) is 5.75 Å². The summed E-state index contributed by atoms with van der Waals surface area (Å²) in [4.78, 5) is 0. The molecule has 2 N–H and O–H groups in total. The van der Waals surface area contributed by atoms with E-state index in [1.165, 1.54) is 19.2 Å². The van der Waals surface area contributed by atoms with Gasteiger partial charge in [-0.2, -0.15) is 5.26 Å². The van der Waals surface area contributed by atoms with Crippen molar-refractivity contribution in [2.24, 2.45) is 5.73 Å². The minimum Gasteiger partial charge on any atom is -0.496 e. The maximum Gasteiger partial charge on any atom is 0.131 e. The minimum absolute atomic E-state index is 0.386. The summed E-state index contributed by atoms with van der Waals surface area (Å²) in [5, 5.41) is 9.75. The largest absolute Gasteiger partial charge is 0.496 e. The molecule has 0 spiro atoms. The third-order valence-electron chi connectivity index (χ3n) is 2.63. The van der Waals surface area contributed by atoms with Gasteiger partial charge < -0.3 is 15.0 Å². The first kappa shape index (κ1) is 11.4. The molecule has 0 aliphatic rings. The normalized spacial score (nSPS) is 10.5. The second-order valence-electron chi connectivity index (χ2n) is 3.62. The van der Waals surface area contributed by atoms with Crippen LogP contribution in [0, 0.1) is 17.1 Å². The van der Waals surface area contributed by atoms with Crippen LogP contribution in [0.15, 0.2) is 18.2 Å². The molecule has 0 saturated heterocycles. The van der Waals surface area contributed by atoms with Crippen molar-refractivity contribution >= 4 is 10.9 Å². The zero-order valence-electron chi connectivity index (χ0n) is 9.40. The van der Waals surface area contributed by atoms with Crippen LogP contribution < -0.4 is 10.5 Å². The predicted octanol–water partition coefficient (Wildman–Crippen LogP) is 1.62. The fraction of sp³-hybridized carbons (Fsp3) is 0.250. The summed E-state index contributed by atoms with van der Waals surface area (Å²) in [7, 11) is 1.47. The molecule has 0 fully saturated rings. The van der Waals surface area contributed by atoms with Crippen LogP contribution in [0.4, 0.5) is 4.39 Å². The predicted molar refractivity (Wildman–Crippen MR) is 62.2 cm³/mol. The molecule has 0 unspecified atom stereocenters. The quantitative estimate of drug-likeness (QED) is 0.876. The Morgan fingerprint density at radius 2 is 2.24 bits per heavy atom. The standard InChI is InChI=1S/C12H12FN3O/c1-17-12-5-8(13)4-11-10(12)6-9(7-15)16(11)3-2-14/h4-6H,2-3,14H2,1H3. The number of hydrogen-bond donors (Lipinski definition) is 1. The molecule has 1 heterocycles. The Labute approximate surface area is 98.0 Å². The molecule has 0 atom stereocenters. The third kappa shape index (κ3) is 1.83. The van der Waals surface area contributed by atoms with Crippen LogP contribution in [0.3, 0.4) is 0 Å². The highest BCUT2D eigenvalue weighted by Crippen LogP contribution is 2.29. The number of benzene rings is 1. The Kier molecular flexibility index (Phi) is 2.98. The van der Waals surface area contributed by atoms with Crippen LogP contribution >= 0.6 is 0 Å². The van der Waals surface area contributed by atoms with Gasteiger partial charge >= 0.3 is 0 Å². The minimum atomic E-state index is -0.393. The van der Waals surface area contributed by atoms with Crippen LogP contribution in [0.2, 0.25) is 0 Å². The van der Waals surface area contributed by atoms with Gasteiger partial charge in [-0.15, -0.1) is 0 Å². The summed E-state index contributed by atoms with van der Waals surface area (Å²) in [6, 6.07) is 6.44. The Bertz CT molecular complexity index is 598. The zero-order valence-corrected chi connectivity index (χ0v) is 9.40. The van der Waals surface area contributed by atoms with E-state index in [1.807, 2.05) is 0 Å². The molecule has 5 heteroatoms. The second-order valence-corrected chi connectivity index (χ2v) is 3.62. The highest BCUT2D eigenvalue weighted by molar-refractivity contribution is 5.88. The van der Waals surface area contributed by atoms with Crippen molar-refractivity contribution in [3.63, 3.8) is 0 Å². The summed E-state index contributed by atoms with van der Waals surface area (Å²) >= 11 is 0. The molecule has 1 aromatic carbocycles. The van der Waals surface area contributed by atoms with Crippen molar-refractivity contribution < 1.29 is 9.13 Å². The van der Waals surface area contributed by atoms with E-state index in [2.05, 4.69) is 6.07 Å². The van der Waals surface area contributed by atoms with Gasteiger partial charge in [-0.25, -0.2) is 4.39 Å². The zero-order chi connectivity index (χ0) is 12.4. The van der Waals surface area contributed by atoms with Gasteiger partial charge in [-0.3, -0.25) is 0 Å². The lowest BCUT2D eigenvalue weighted by atomic mass is 10.2. The Balaban J connectivity index is 2.78. The van der Waals surface area contributed by atoms with Gasteiger partial charge in [0.05, 0.1) is 12.6 Å². The van der Waals surface area contributed by atoms with E-state index in [-0.39, 0.29) is 0 Å². The van der Waals surface area contributed by atoms with Crippen molar-refractivity contribution in [1.29, 1.82) is 5.26 Å². The highest BCUT2D eigenvalue weighted by Gasteiger charge is 2.13. The van der Waals surface area contributed by atoms with Crippen molar-refractivity contribution in [2.75, 3.05) is 13.7 Å². The van der Waals surface area contributed by atoms with Crippen molar-refractivity contribution in [1.82, 2.24) is 4.57 Å². The first-order chi connectivity index (χ1) is 8.21. The fourth-order valence-corrected chi connectivity index (χ4v) is 1.92. The van der Waals surface area contributed by atoms with Crippen molar-refractivity contribution in [2.45, 2.75) is 6.54 Å². The summed E-state index contributed by atoms with van der Waals surface area (Å²) < 4.78 is 20.2. The van der Waals surface area contributed by atoms with Gasteiger partial charge in [-0.1, -0.05) is 0 Å². The Morgan fingerprint density at radius 1 is 1.47 bits per heavy atom. The van der Waals surface area contributed by atoms with E-state index >= 15 is 0 Å². The first-order valence-electron chi connectivity index (χ1n) is 5.18. The molecule has 0 saturated carbocycles. The molecule has 0 aliphatic heterocycles. The maximum absolute atomic E-state index is 13.4. The van der Waals surface area contributed by atoms with Crippen LogP contribution in [-0.4, -0.2) is 18.2 Å². The Hall–Kier alpha value is -2.06. The van der Waals surface area contributed by atoms with Gasteiger partial charge in [0.15, 0.2) is 0 Å². The fourth-order valence-electron chi connectivity index (χ4n) is 1.92. The lowest BCUT2D eigenvalue weighted by Gasteiger charge is -2.06. The molecule has 4 nitrogen and oxygen atoms in total. The number of ether oxygens (including phenoxy) is 1. The number of nitrogens with zero attached hydrogens (tertiary/aromatic N) is 2. The maximum atomic E-state index is 13.4. The van der Waals surface area contributed by atoms with Crippen LogP contribution in [-0.2, 0) is 6.54 Å². The summed E-state index contributed by atoms with van der Waals surface area (Å²) in [6.07, 6.45) is 0. The number of hydrogen-bond acceptors (Lipinski definition) is 3. The molecule has 17 heavy (non-hydrogen) atoms. The summed E-state index contributed by atoms with van der Waals surface area (Å²) in [5.41, 5.74) is 6.57. The van der Waals surface area contributed by atoms with E-state index < -0.39 is 5.82 Å². The number of fused-ring (bicyclic) bond motifs is 1. The molecule has 1 aromatic heterocycles. The van der Waals surface area contributed by atoms with Gasteiger partial charge in [0, 0.05) is 24.5 Å². The Morgan fingerprint density at radius 3 is 2.82 bits per heavy atom. The molecule has 2 aromatic rings. The lowest BCUT2D eigenvalue weighted by Crippen LogP contribution is -2.11. The number of nitriles is 1. The topological polar surface area (TPSA) is 64.0 Å². The smallest absolute Gasteiger partial charge is 0.131 e. The van der Waals surface area contributed by atoms with Gasteiger partial charge in [0.25, 0.3) is 0 Å². The molecule has 2 rings (SSSR count). The number of nitrogens with two attached hydrogens (primary N) is 1. The van der Waals surface area contributed by atoms with E-state index in [1.54, 1.807) is 10.6 Å². The van der Waals surface area contributed by atoms with E-state index in [9.17, 15) is 4.39 Å². The van der Waals surface area contributed by atoms with E-state index in [0.717, 1.165) is 5.39 Å².